The molecule has 1 aromatic rings. The van der Waals surface area contributed by atoms with E-state index in [1.165, 1.54) is 23.9 Å². The van der Waals surface area contributed by atoms with Gasteiger partial charge in [-0.25, -0.2) is 8.42 Å². The fraction of sp³-hybridized carbons (Fsp3) is 0.364. The molecule has 0 atom stereocenters. The molecule has 0 amide bonds. The van der Waals surface area contributed by atoms with Crippen LogP contribution in [0, 0.1) is 11.3 Å². The quantitative estimate of drug-likeness (QED) is 0.780. The van der Waals surface area contributed by atoms with Crippen molar-refractivity contribution in [2.75, 3.05) is 23.8 Å². The van der Waals surface area contributed by atoms with Crippen LogP contribution in [0.3, 0.4) is 0 Å². The van der Waals surface area contributed by atoms with Crippen LogP contribution in [0.2, 0.25) is 0 Å². The molecule has 0 unspecified atom stereocenters. The maximum Gasteiger partial charge on any atom is 0.179 e. The lowest BCUT2D eigenvalue weighted by Gasteiger charge is -2.04. The van der Waals surface area contributed by atoms with Crippen LogP contribution in [-0.4, -0.2) is 32.2 Å². The van der Waals surface area contributed by atoms with Crippen LogP contribution < -0.4 is 5.73 Å². The number of benzene rings is 1. The molecule has 0 aromatic heterocycles. The second-order valence-corrected chi connectivity index (χ2v) is 6.69. The predicted molar refractivity (Wildman–Crippen MR) is 69.6 cm³/mol. The topological polar surface area (TPSA) is 84.0 Å². The molecule has 0 spiro atoms. The Bertz CT molecular complexity index is 506. The highest BCUT2D eigenvalue weighted by atomic mass is 32.2. The number of rotatable bonds is 6. The first-order valence-electron chi connectivity index (χ1n) is 5.11. The third-order valence-electron chi connectivity index (χ3n) is 2.08. The fourth-order valence-corrected chi connectivity index (χ4v) is 3.78. The second kappa shape index (κ2) is 6.64. The van der Waals surface area contributed by atoms with E-state index in [0.29, 0.717) is 17.9 Å². The summed E-state index contributed by atoms with van der Waals surface area (Å²) in [5.41, 5.74) is 5.68. The van der Waals surface area contributed by atoms with Crippen molar-refractivity contribution < 1.29 is 8.42 Å². The number of nitrogens with zero attached hydrogens (tertiary/aromatic N) is 1. The van der Waals surface area contributed by atoms with Crippen LogP contribution in [0.1, 0.15) is 5.56 Å². The van der Waals surface area contributed by atoms with Crippen molar-refractivity contribution in [3.8, 4) is 6.07 Å². The zero-order chi connectivity index (χ0) is 12.7. The zero-order valence-corrected chi connectivity index (χ0v) is 10.9. The molecule has 1 aromatic carbocycles. The van der Waals surface area contributed by atoms with Gasteiger partial charge in [-0.15, -0.1) is 0 Å². The molecule has 0 aliphatic carbocycles. The Labute approximate surface area is 106 Å². The van der Waals surface area contributed by atoms with Gasteiger partial charge in [0.15, 0.2) is 9.84 Å². The van der Waals surface area contributed by atoms with Gasteiger partial charge in [-0.05, 0) is 18.2 Å². The fourth-order valence-electron chi connectivity index (χ4n) is 1.23. The monoisotopic (exact) mass is 270 g/mol. The molecule has 0 fully saturated rings. The van der Waals surface area contributed by atoms with Gasteiger partial charge in [-0.1, -0.05) is 6.07 Å². The van der Waals surface area contributed by atoms with Crippen molar-refractivity contribution in [3.63, 3.8) is 0 Å². The number of thioether (sulfide) groups is 1. The minimum atomic E-state index is -3.29. The van der Waals surface area contributed by atoms with Gasteiger partial charge in [-0.3, -0.25) is 0 Å². The van der Waals surface area contributed by atoms with E-state index < -0.39 is 9.84 Å². The van der Waals surface area contributed by atoms with E-state index in [9.17, 15) is 8.42 Å². The van der Waals surface area contributed by atoms with E-state index in [2.05, 4.69) is 0 Å². The molecule has 0 bridgehead atoms. The second-order valence-electron chi connectivity index (χ2n) is 3.36. The van der Waals surface area contributed by atoms with Crippen LogP contribution in [0.25, 0.3) is 0 Å². The van der Waals surface area contributed by atoms with Crippen molar-refractivity contribution >= 4 is 21.6 Å². The Morgan fingerprint density at radius 1 is 1.35 bits per heavy atom. The minimum Gasteiger partial charge on any atom is -0.330 e. The van der Waals surface area contributed by atoms with Gasteiger partial charge >= 0.3 is 0 Å². The Kier molecular flexibility index (Phi) is 5.48. The van der Waals surface area contributed by atoms with Crippen molar-refractivity contribution in [2.24, 2.45) is 5.73 Å². The zero-order valence-electron chi connectivity index (χ0n) is 9.30. The maximum atomic E-state index is 11.9. The molecule has 1 rings (SSSR count). The van der Waals surface area contributed by atoms with Gasteiger partial charge in [0.05, 0.1) is 22.3 Å². The summed E-state index contributed by atoms with van der Waals surface area (Å²) in [5, 5.41) is 8.71. The van der Waals surface area contributed by atoms with E-state index >= 15 is 0 Å². The molecule has 92 valence electrons. The lowest BCUT2D eigenvalue weighted by Crippen LogP contribution is -2.10. The number of nitrogens with two attached hydrogens (primary N) is 1. The van der Waals surface area contributed by atoms with E-state index in [1.807, 2.05) is 6.07 Å². The van der Waals surface area contributed by atoms with Crippen LogP contribution in [0.4, 0.5) is 0 Å². The molecular formula is C11H14N2O2S2. The molecule has 4 nitrogen and oxygen atoms in total. The van der Waals surface area contributed by atoms with Crippen LogP contribution in [-0.2, 0) is 9.84 Å². The molecule has 0 saturated carbocycles. The smallest absolute Gasteiger partial charge is 0.179 e. The summed E-state index contributed by atoms with van der Waals surface area (Å²) in [6, 6.07) is 8.02. The van der Waals surface area contributed by atoms with E-state index in [4.69, 9.17) is 11.0 Å². The molecule has 0 radical (unpaired) electrons. The summed E-state index contributed by atoms with van der Waals surface area (Å²) < 4.78 is 23.8. The predicted octanol–water partition coefficient (Wildman–Crippen LogP) is 1.02. The van der Waals surface area contributed by atoms with Crippen molar-refractivity contribution in [3.05, 3.63) is 29.8 Å². The Morgan fingerprint density at radius 2 is 2.12 bits per heavy atom. The van der Waals surface area contributed by atoms with Gasteiger partial charge in [0.2, 0.25) is 0 Å². The summed E-state index contributed by atoms with van der Waals surface area (Å²) in [4.78, 5) is 0.213. The van der Waals surface area contributed by atoms with Crippen LogP contribution in [0.5, 0.6) is 0 Å². The Hall–Kier alpha value is -1.03. The van der Waals surface area contributed by atoms with Crippen LogP contribution in [0.15, 0.2) is 29.2 Å². The first kappa shape index (κ1) is 14.0. The van der Waals surface area contributed by atoms with Gasteiger partial charge in [-0.2, -0.15) is 17.0 Å². The number of sulfone groups is 1. The summed E-state index contributed by atoms with van der Waals surface area (Å²) in [7, 11) is -3.29. The molecule has 0 aliphatic heterocycles. The number of nitriles is 1. The lowest BCUT2D eigenvalue weighted by atomic mass is 10.2. The molecular weight excluding hydrogens is 256 g/mol. The average Bonchev–Trinajstić information content (AvgIpc) is 2.35. The highest BCUT2D eigenvalue weighted by molar-refractivity contribution is 8.00. The normalized spacial score (nSPS) is 11.1. The van der Waals surface area contributed by atoms with Gasteiger partial charge in [0.1, 0.15) is 0 Å². The SMILES string of the molecule is N#Cc1cccc(S(=O)(=O)CCSCCN)c1. The summed E-state index contributed by atoms with van der Waals surface area (Å²) in [6.07, 6.45) is 0. The average molecular weight is 270 g/mol. The third-order valence-corrected chi connectivity index (χ3v) is 5.07. The van der Waals surface area contributed by atoms with E-state index in [0.717, 1.165) is 5.75 Å². The molecule has 0 aliphatic rings. The standard InChI is InChI=1S/C11H14N2O2S2/c12-4-5-16-6-7-17(14,15)11-3-1-2-10(8-11)9-13/h1-3,8H,4-7,12H2. The van der Waals surface area contributed by atoms with Crippen molar-refractivity contribution in [1.82, 2.24) is 0 Å². The molecule has 6 heteroatoms. The molecule has 0 saturated heterocycles. The van der Waals surface area contributed by atoms with Gasteiger partial charge in [0, 0.05) is 18.1 Å². The van der Waals surface area contributed by atoms with Crippen molar-refractivity contribution in [2.45, 2.75) is 4.90 Å². The molecule has 0 heterocycles. The lowest BCUT2D eigenvalue weighted by molar-refractivity contribution is 0.597. The highest BCUT2D eigenvalue weighted by Crippen LogP contribution is 2.14. The first-order valence-corrected chi connectivity index (χ1v) is 7.91. The van der Waals surface area contributed by atoms with Gasteiger partial charge < -0.3 is 5.73 Å². The Balaban J connectivity index is 2.73. The first-order chi connectivity index (χ1) is 8.10. The van der Waals surface area contributed by atoms with Crippen molar-refractivity contribution in [1.29, 1.82) is 5.26 Å². The van der Waals surface area contributed by atoms with Gasteiger partial charge in [0.25, 0.3) is 0 Å². The van der Waals surface area contributed by atoms with Crippen LogP contribution >= 0.6 is 11.8 Å². The molecule has 17 heavy (non-hydrogen) atoms. The number of hydrogen-bond acceptors (Lipinski definition) is 5. The molecule has 2 N–H and O–H groups in total. The largest absolute Gasteiger partial charge is 0.330 e. The summed E-state index contributed by atoms with van der Waals surface area (Å²) >= 11 is 1.52. The highest BCUT2D eigenvalue weighted by Gasteiger charge is 2.14. The Morgan fingerprint density at radius 3 is 2.76 bits per heavy atom. The third kappa shape index (κ3) is 4.38. The maximum absolute atomic E-state index is 11.9. The summed E-state index contributed by atoms with van der Waals surface area (Å²) in [6.45, 7) is 0.550. The van der Waals surface area contributed by atoms with E-state index in [-0.39, 0.29) is 10.6 Å². The summed E-state index contributed by atoms with van der Waals surface area (Å²) in [5.74, 6) is 1.36. The van der Waals surface area contributed by atoms with E-state index in [1.54, 1.807) is 12.1 Å². The minimum absolute atomic E-state index is 0.0759. The number of hydrogen-bond donors (Lipinski definition) is 1.